The number of ether oxygens (including phenoxy) is 1. The summed E-state index contributed by atoms with van der Waals surface area (Å²) in [4.78, 5) is 0. The maximum atomic E-state index is 5.28. The van der Waals surface area contributed by atoms with Crippen molar-refractivity contribution >= 4 is 0 Å². The molecule has 100 valence electrons. The Bertz CT molecular complexity index is 379. The van der Waals surface area contributed by atoms with Gasteiger partial charge in [0.15, 0.2) is 0 Å². The van der Waals surface area contributed by atoms with Crippen LogP contribution < -0.4 is 5.32 Å². The minimum absolute atomic E-state index is 0.339. The average Bonchev–Trinajstić information content (AvgIpc) is 2.33. The van der Waals surface area contributed by atoms with E-state index in [0.717, 1.165) is 19.8 Å². The van der Waals surface area contributed by atoms with Gasteiger partial charge in [-0.1, -0.05) is 45.0 Å². The highest BCUT2D eigenvalue weighted by molar-refractivity contribution is 5.26. The number of rotatable bonds is 5. The van der Waals surface area contributed by atoms with Crippen LogP contribution in [0.5, 0.6) is 0 Å². The summed E-state index contributed by atoms with van der Waals surface area (Å²) in [7, 11) is 0. The van der Waals surface area contributed by atoms with Crippen molar-refractivity contribution in [2.75, 3.05) is 19.8 Å². The summed E-state index contributed by atoms with van der Waals surface area (Å²) in [6, 6.07) is 9.38. The zero-order chi connectivity index (χ0) is 13.2. The lowest BCUT2D eigenvalue weighted by Crippen LogP contribution is -2.47. The molecule has 0 spiro atoms. The van der Waals surface area contributed by atoms with Crippen LogP contribution in [0.3, 0.4) is 0 Å². The van der Waals surface area contributed by atoms with Crippen LogP contribution in [-0.2, 0) is 4.74 Å². The molecule has 0 amide bonds. The summed E-state index contributed by atoms with van der Waals surface area (Å²) in [5.74, 6) is 0.605. The molecular weight excluding hydrogens is 222 g/mol. The fraction of sp³-hybridized carbons (Fsp3) is 0.625. The molecule has 0 aromatic heterocycles. The van der Waals surface area contributed by atoms with Crippen LogP contribution in [-0.4, -0.2) is 19.8 Å². The standard InChI is InChI=1S/C16H25NO/c1-12(2)14-5-7-15(8-6-14)13(3)17-9-16(4)10-18-11-16/h5-8,12-13,17H,9-11H2,1-4H3. The Morgan fingerprint density at radius 3 is 2.11 bits per heavy atom. The molecule has 1 aliphatic rings. The third-order valence-corrected chi connectivity index (χ3v) is 3.84. The van der Waals surface area contributed by atoms with Crippen LogP contribution in [0.2, 0.25) is 0 Å². The Morgan fingerprint density at radius 2 is 1.67 bits per heavy atom. The van der Waals surface area contributed by atoms with Gasteiger partial charge in [0.2, 0.25) is 0 Å². The van der Waals surface area contributed by atoms with E-state index in [0.29, 0.717) is 17.4 Å². The maximum absolute atomic E-state index is 5.28. The Labute approximate surface area is 111 Å². The zero-order valence-corrected chi connectivity index (χ0v) is 12.0. The van der Waals surface area contributed by atoms with Gasteiger partial charge in [-0.3, -0.25) is 0 Å². The first-order chi connectivity index (χ1) is 8.50. The number of nitrogens with one attached hydrogen (secondary N) is 1. The predicted molar refractivity (Wildman–Crippen MR) is 75.9 cm³/mol. The Morgan fingerprint density at radius 1 is 1.11 bits per heavy atom. The molecule has 1 aromatic rings. The molecule has 18 heavy (non-hydrogen) atoms. The second-order valence-electron chi connectivity index (χ2n) is 6.23. The SMILES string of the molecule is CC(C)c1ccc(C(C)NCC2(C)COC2)cc1. The summed E-state index contributed by atoms with van der Waals surface area (Å²) < 4.78 is 5.28. The molecule has 0 saturated carbocycles. The Hall–Kier alpha value is -0.860. The lowest BCUT2D eigenvalue weighted by molar-refractivity contribution is -0.0999. The Kier molecular flexibility index (Phi) is 4.08. The normalized spacial score (nSPS) is 19.6. The van der Waals surface area contributed by atoms with E-state index in [1.807, 2.05) is 0 Å². The minimum atomic E-state index is 0.339. The molecule has 2 heteroatoms. The number of benzene rings is 1. The largest absolute Gasteiger partial charge is 0.380 e. The van der Waals surface area contributed by atoms with Gasteiger partial charge in [-0.05, 0) is 24.0 Å². The second kappa shape index (κ2) is 5.41. The van der Waals surface area contributed by atoms with Crippen LogP contribution in [0.4, 0.5) is 0 Å². The van der Waals surface area contributed by atoms with E-state index in [9.17, 15) is 0 Å². The highest BCUT2D eigenvalue weighted by Gasteiger charge is 2.33. The first-order valence-corrected chi connectivity index (χ1v) is 6.91. The molecule has 1 saturated heterocycles. The molecule has 1 heterocycles. The molecule has 0 radical (unpaired) electrons. The van der Waals surface area contributed by atoms with Crippen molar-refractivity contribution in [2.45, 2.75) is 39.7 Å². The van der Waals surface area contributed by atoms with Crippen molar-refractivity contribution in [3.8, 4) is 0 Å². The summed E-state index contributed by atoms with van der Waals surface area (Å²) in [5, 5.41) is 3.61. The molecule has 0 aliphatic carbocycles. The van der Waals surface area contributed by atoms with Crippen molar-refractivity contribution in [2.24, 2.45) is 5.41 Å². The van der Waals surface area contributed by atoms with Crippen LogP contribution in [0.25, 0.3) is 0 Å². The molecule has 0 bridgehead atoms. The lowest BCUT2D eigenvalue weighted by atomic mass is 9.88. The molecule has 1 aromatic carbocycles. The van der Waals surface area contributed by atoms with Gasteiger partial charge in [0.1, 0.15) is 0 Å². The van der Waals surface area contributed by atoms with E-state index in [4.69, 9.17) is 4.74 Å². The third kappa shape index (κ3) is 3.12. The minimum Gasteiger partial charge on any atom is -0.380 e. The fourth-order valence-electron chi connectivity index (χ4n) is 2.24. The average molecular weight is 247 g/mol. The summed E-state index contributed by atoms with van der Waals surface area (Å²) in [5.41, 5.74) is 3.11. The van der Waals surface area contributed by atoms with Crippen molar-refractivity contribution in [1.82, 2.24) is 5.32 Å². The van der Waals surface area contributed by atoms with Crippen LogP contribution >= 0.6 is 0 Å². The van der Waals surface area contributed by atoms with Crippen LogP contribution in [0, 0.1) is 5.41 Å². The number of hydrogen-bond donors (Lipinski definition) is 1. The molecule has 2 nitrogen and oxygen atoms in total. The quantitative estimate of drug-likeness (QED) is 0.860. The van der Waals surface area contributed by atoms with E-state index >= 15 is 0 Å². The maximum Gasteiger partial charge on any atom is 0.0554 e. The van der Waals surface area contributed by atoms with Gasteiger partial charge in [-0.25, -0.2) is 0 Å². The predicted octanol–water partition coefficient (Wildman–Crippen LogP) is 3.50. The molecular formula is C16H25NO. The van der Waals surface area contributed by atoms with Gasteiger partial charge >= 0.3 is 0 Å². The van der Waals surface area contributed by atoms with E-state index in [1.165, 1.54) is 11.1 Å². The number of hydrogen-bond acceptors (Lipinski definition) is 2. The first kappa shape index (κ1) is 13.6. The van der Waals surface area contributed by atoms with Crippen molar-refractivity contribution in [3.63, 3.8) is 0 Å². The van der Waals surface area contributed by atoms with Crippen molar-refractivity contribution in [3.05, 3.63) is 35.4 Å². The van der Waals surface area contributed by atoms with Gasteiger partial charge in [-0.15, -0.1) is 0 Å². The van der Waals surface area contributed by atoms with E-state index < -0.39 is 0 Å². The van der Waals surface area contributed by atoms with Crippen LogP contribution in [0.1, 0.15) is 50.8 Å². The van der Waals surface area contributed by atoms with E-state index in [-0.39, 0.29) is 0 Å². The van der Waals surface area contributed by atoms with Crippen molar-refractivity contribution < 1.29 is 4.74 Å². The van der Waals surface area contributed by atoms with Gasteiger partial charge in [0.25, 0.3) is 0 Å². The second-order valence-corrected chi connectivity index (χ2v) is 6.23. The summed E-state index contributed by atoms with van der Waals surface area (Å²) in [6.45, 7) is 11.8. The molecule has 2 rings (SSSR count). The molecule has 1 fully saturated rings. The van der Waals surface area contributed by atoms with Crippen LogP contribution in [0.15, 0.2) is 24.3 Å². The summed E-state index contributed by atoms with van der Waals surface area (Å²) >= 11 is 0. The fourth-order valence-corrected chi connectivity index (χ4v) is 2.24. The molecule has 1 aliphatic heterocycles. The Balaban J connectivity index is 1.90. The van der Waals surface area contributed by atoms with Gasteiger partial charge < -0.3 is 10.1 Å². The topological polar surface area (TPSA) is 21.3 Å². The van der Waals surface area contributed by atoms with Gasteiger partial charge in [-0.2, -0.15) is 0 Å². The zero-order valence-electron chi connectivity index (χ0n) is 12.0. The summed E-state index contributed by atoms with van der Waals surface area (Å²) in [6.07, 6.45) is 0. The molecule has 1 N–H and O–H groups in total. The lowest BCUT2D eigenvalue weighted by Gasteiger charge is -2.39. The van der Waals surface area contributed by atoms with Crippen molar-refractivity contribution in [1.29, 1.82) is 0 Å². The molecule has 1 unspecified atom stereocenters. The first-order valence-electron chi connectivity index (χ1n) is 6.91. The van der Waals surface area contributed by atoms with Gasteiger partial charge in [0, 0.05) is 18.0 Å². The highest BCUT2D eigenvalue weighted by Crippen LogP contribution is 2.26. The van der Waals surface area contributed by atoms with E-state index in [2.05, 4.69) is 57.3 Å². The highest BCUT2D eigenvalue weighted by atomic mass is 16.5. The van der Waals surface area contributed by atoms with E-state index in [1.54, 1.807) is 0 Å². The third-order valence-electron chi connectivity index (χ3n) is 3.84. The molecule has 1 atom stereocenters. The monoisotopic (exact) mass is 247 g/mol. The smallest absolute Gasteiger partial charge is 0.0554 e. The van der Waals surface area contributed by atoms with Gasteiger partial charge in [0.05, 0.1) is 13.2 Å².